The molecule has 4 rings (SSSR count). The zero-order valence-corrected chi connectivity index (χ0v) is 14.3. The second kappa shape index (κ2) is 5.06. The fourth-order valence-electron chi connectivity index (χ4n) is 7.30. The molecule has 0 bridgehead atoms. The van der Waals surface area contributed by atoms with Gasteiger partial charge in [0.2, 0.25) is 0 Å². The summed E-state index contributed by atoms with van der Waals surface area (Å²) >= 11 is 0. The molecule has 2 unspecified atom stereocenters. The van der Waals surface area contributed by atoms with Crippen LogP contribution in [-0.2, 0) is 4.79 Å². The van der Waals surface area contributed by atoms with Gasteiger partial charge in [-0.1, -0.05) is 6.92 Å². The fraction of sp³-hybridized carbons (Fsp3) is 0.950. The highest BCUT2D eigenvalue weighted by Gasteiger charge is 2.58. The first kappa shape index (κ1) is 15.2. The quantitative estimate of drug-likeness (QED) is 0.782. The Balaban J connectivity index is 1.58. The van der Waals surface area contributed by atoms with E-state index in [1.165, 1.54) is 32.1 Å². The van der Waals surface area contributed by atoms with Crippen molar-refractivity contribution in [3.05, 3.63) is 0 Å². The van der Waals surface area contributed by atoms with E-state index in [1.54, 1.807) is 0 Å². The highest BCUT2D eigenvalue weighted by Crippen LogP contribution is 2.62. The lowest BCUT2D eigenvalue weighted by molar-refractivity contribution is -0.137. The van der Waals surface area contributed by atoms with Gasteiger partial charge in [0.15, 0.2) is 0 Å². The Labute approximate surface area is 135 Å². The summed E-state index contributed by atoms with van der Waals surface area (Å²) < 4.78 is 0. The van der Waals surface area contributed by atoms with Gasteiger partial charge in [-0.15, -0.1) is 0 Å². The van der Waals surface area contributed by atoms with Gasteiger partial charge in [-0.25, -0.2) is 0 Å². The standard InChI is InChI=1S/C20H32O2/c1-3-20-11-9-15-14-8-10-19(2,22)12-13(14)4-5-16(15)17(20)6-7-18(20)21/h13-17,22H,3-12H2,1-2H3/t13?,14?,15-,16-,17+,19-,20+/m1/s1. The Morgan fingerprint density at radius 1 is 1.05 bits per heavy atom. The largest absolute Gasteiger partial charge is 0.390 e. The fourth-order valence-corrected chi connectivity index (χ4v) is 7.30. The number of hydrogen-bond donors (Lipinski definition) is 1. The maximum absolute atomic E-state index is 12.6. The molecule has 0 spiro atoms. The lowest BCUT2D eigenvalue weighted by Crippen LogP contribution is -2.51. The number of rotatable bonds is 1. The van der Waals surface area contributed by atoms with E-state index >= 15 is 0 Å². The summed E-state index contributed by atoms with van der Waals surface area (Å²) in [5.41, 5.74) is -0.354. The highest BCUT2D eigenvalue weighted by atomic mass is 16.3. The molecule has 7 atom stereocenters. The van der Waals surface area contributed by atoms with Gasteiger partial charge in [-0.3, -0.25) is 4.79 Å². The number of carbonyl (C=O) groups excluding carboxylic acids is 1. The Kier molecular flexibility index (Phi) is 3.49. The average Bonchev–Trinajstić information content (AvgIpc) is 2.83. The molecule has 1 N–H and O–H groups in total. The van der Waals surface area contributed by atoms with Crippen LogP contribution in [0.3, 0.4) is 0 Å². The number of carbonyl (C=O) groups is 1. The van der Waals surface area contributed by atoms with Crippen LogP contribution in [0.15, 0.2) is 0 Å². The van der Waals surface area contributed by atoms with Crippen LogP contribution in [0.2, 0.25) is 0 Å². The highest BCUT2D eigenvalue weighted by molar-refractivity contribution is 5.87. The van der Waals surface area contributed by atoms with E-state index in [-0.39, 0.29) is 5.41 Å². The van der Waals surface area contributed by atoms with Crippen molar-refractivity contribution in [2.75, 3.05) is 0 Å². The molecule has 0 radical (unpaired) electrons. The van der Waals surface area contributed by atoms with Crippen LogP contribution < -0.4 is 0 Å². The van der Waals surface area contributed by atoms with E-state index in [0.29, 0.717) is 11.7 Å². The van der Waals surface area contributed by atoms with E-state index in [9.17, 15) is 9.90 Å². The first-order valence-electron chi connectivity index (χ1n) is 9.72. The Morgan fingerprint density at radius 2 is 1.82 bits per heavy atom. The molecule has 0 aromatic heterocycles. The molecular formula is C20H32O2. The molecule has 2 heteroatoms. The molecule has 0 saturated heterocycles. The molecular weight excluding hydrogens is 272 g/mol. The molecule has 0 aromatic rings. The van der Waals surface area contributed by atoms with Crippen molar-refractivity contribution < 1.29 is 9.90 Å². The van der Waals surface area contributed by atoms with Crippen LogP contribution in [0.1, 0.15) is 78.1 Å². The van der Waals surface area contributed by atoms with Crippen LogP contribution in [0, 0.1) is 35.0 Å². The van der Waals surface area contributed by atoms with E-state index < -0.39 is 5.60 Å². The third-order valence-corrected chi connectivity index (χ3v) is 8.31. The Hall–Kier alpha value is -0.370. The molecule has 0 amide bonds. The molecule has 4 aliphatic rings. The van der Waals surface area contributed by atoms with Crippen LogP contribution in [0.5, 0.6) is 0 Å². The van der Waals surface area contributed by atoms with Gasteiger partial charge in [0.05, 0.1) is 5.60 Å². The van der Waals surface area contributed by atoms with Crippen LogP contribution in [0.25, 0.3) is 0 Å². The molecule has 0 aliphatic heterocycles. The van der Waals surface area contributed by atoms with Gasteiger partial charge in [-0.2, -0.15) is 0 Å². The van der Waals surface area contributed by atoms with Crippen LogP contribution in [0.4, 0.5) is 0 Å². The maximum Gasteiger partial charge on any atom is 0.139 e. The summed E-state index contributed by atoms with van der Waals surface area (Å²) in [6.45, 7) is 4.29. The topological polar surface area (TPSA) is 37.3 Å². The van der Waals surface area contributed by atoms with Crippen molar-refractivity contribution in [2.45, 2.75) is 83.7 Å². The van der Waals surface area contributed by atoms with Crippen LogP contribution >= 0.6 is 0 Å². The van der Waals surface area contributed by atoms with Gasteiger partial charge in [0.1, 0.15) is 5.78 Å². The number of aliphatic hydroxyl groups is 1. The molecule has 2 nitrogen and oxygen atoms in total. The summed E-state index contributed by atoms with van der Waals surface area (Å²) in [5, 5.41) is 10.4. The third kappa shape index (κ3) is 2.05. The monoisotopic (exact) mass is 304 g/mol. The van der Waals surface area contributed by atoms with E-state index in [1.807, 2.05) is 6.92 Å². The predicted octanol–water partition coefficient (Wildman–Crippen LogP) is 4.35. The van der Waals surface area contributed by atoms with E-state index in [4.69, 9.17) is 0 Å². The van der Waals surface area contributed by atoms with Crippen molar-refractivity contribution in [2.24, 2.45) is 35.0 Å². The summed E-state index contributed by atoms with van der Waals surface area (Å²) in [7, 11) is 0. The molecule has 124 valence electrons. The van der Waals surface area contributed by atoms with Crippen molar-refractivity contribution in [3.63, 3.8) is 0 Å². The minimum absolute atomic E-state index is 0.0637. The third-order valence-electron chi connectivity index (χ3n) is 8.31. The Morgan fingerprint density at radius 3 is 2.59 bits per heavy atom. The van der Waals surface area contributed by atoms with Crippen molar-refractivity contribution >= 4 is 5.78 Å². The molecule has 0 heterocycles. The maximum atomic E-state index is 12.6. The Bertz CT molecular complexity index is 468. The molecule has 4 saturated carbocycles. The second-order valence-electron chi connectivity index (χ2n) is 9.19. The first-order valence-corrected chi connectivity index (χ1v) is 9.72. The number of fused-ring (bicyclic) bond motifs is 5. The average molecular weight is 304 g/mol. The summed E-state index contributed by atoms with van der Waals surface area (Å²) in [5.74, 6) is 4.52. The SMILES string of the molecule is CC[C@]12CC[C@@H]3C4CC[C@@](C)(O)CC4CC[C@H]3[C@@H]1CCC2=O. The summed E-state index contributed by atoms with van der Waals surface area (Å²) in [6.07, 6.45) is 11.4. The minimum Gasteiger partial charge on any atom is -0.390 e. The molecule has 4 aliphatic carbocycles. The van der Waals surface area contributed by atoms with Crippen molar-refractivity contribution in [1.29, 1.82) is 0 Å². The van der Waals surface area contributed by atoms with Gasteiger partial charge in [-0.05, 0) is 94.3 Å². The van der Waals surface area contributed by atoms with Crippen LogP contribution in [-0.4, -0.2) is 16.5 Å². The smallest absolute Gasteiger partial charge is 0.139 e. The van der Waals surface area contributed by atoms with E-state index in [2.05, 4.69) is 6.92 Å². The molecule has 22 heavy (non-hydrogen) atoms. The normalized spacial score (nSPS) is 54.5. The van der Waals surface area contributed by atoms with Crippen molar-refractivity contribution in [1.82, 2.24) is 0 Å². The molecule has 0 aromatic carbocycles. The molecule has 4 fully saturated rings. The number of hydrogen-bond acceptors (Lipinski definition) is 2. The summed E-state index contributed by atoms with van der Waals surface area (Å²) in [4.78, 5) is 12.6. The van der Waals surface area contributed by atoms with Gasteiger partial charge in [0.25, 0.3) is 0 Å². The minimum atomic E-state index is -0.417. The second-order valence-corrected chi connectivity index (χ2v) is 9.19. The van der Waals surface area contributed by atoms with Gasteiger partial charge in [0, 0.05) is 11.8 Å². The lowest BCUT2D eigenvalue weighted by atomic mass is 9.49. The number of ketones is 1. The van der Waals surface area contributed by atoms with Gasteiger partial charge < -0.3 is 5.11 Å². The predicted molar refractivity (Wildman–Crippen MR) is 87.4 cm³/mol. The lowest BCUT2D eigenvalue weighted by Gasteiger charge is -2.56. The first-order chi connectivity index (χ1) is 10.5. The van der Waals surface area contributed by atoms with E-state index in [0.717, 1.165) is 55.8 Å². The number of Topliss-reactive ketones (excluding diaryl/α,β-unsaturated/α-hetero) is 1. The zero-order valence-electron chi connectivity index (χ0n) is 14.3. The summed E-state index contributed by atoms with van der Waals surface area (Å²) in [6, 6.07) is 0. The van der Waals surface area contributed by atoms with Gasteiger partial charge >= 0.3 is 0 Å². The van der Waals surface area contributed by atoms with Crippen molar-refractivity contribution in [3.8, 4) is 0 Å². The zero-order chi connectivity index (χ0) is 15.5.